The maximum absolute atomic E-state index is 12.8. The maximum Gasteiger partial charge on any atom is 0.308 e. The Hall–Kier alpha value is -2.65. The number of nitrogens with zero attached hydrogens (tertiary/aromatic N) is 2. The standard InChI is InChI=1S/C21H22BrClN4O4/c1-12-9-14(10-18(23)24-12)19(28)25-26-20(29)16-4-3-15(22)11-17(16)27-7-5-13(6-8-27)21(30)31-2/h3-4,9-11,13H,5-8H2,1-2H3,(H,25,28)(H,26,29). The second-order valence-corrected chi connectivity index (χ2v) is 8.48. The lowest BCUT2D eigenvalue weighted by Crippen LogP contribution is -2.43. The minimum atomic E-state index is -0.502. The number of rotatable bonds is 4. The molecule has 0 atom stereocenters. The van der Waals surface area contributed by atoms with Crippen LogP contribution >= 0.6 is 27.5 Å². The average Bonchev–Trinajstić information content (AvgIpc) is 2.76. The topological polar surface area (TPSA) is 101 Å². The number of piperidine rings is 1. The van der Waals surface area contributed by atoms with Crippen LogP contribution in [0.25, 0.3) is 0 Å². The Labute approximate surface area is 193 Å². The lowest BCUT2D eigenvalue weighted by Gasteiger charge is -2.33. The van der Waals surface area contributed by atoms with Crippen LogP contribution < -0.4 is 15.8 Å². The molecule has 0 unspecified atom stereocenters. The summed E-state index contributed by atoms with van der Waals surface area (Å²) in [6.45, 7) is 2.94. The third-order valence-corrected chi connectivity index (χ3v) is 5.74. The van der Waals surface area contributed by atoms with Gasteiger partial charge in [0.05, 0.1) is 24.3 Å². The second-order valence-electron chi connectivity index (χ2n) is 7.17. The molecule has 1 aromatic carbocycles. The predicted octanol–water partition coefficient (Wildman–Crippen LogP) is 3.27. The van der Waals surface area contributed by atoms with E-state index in [2.05, 4.69) is 31.8 Å². The van der Waals surface area contributed by atoms with Crippen LogP contribution in [0, 0.1) is 12.8 Å². The highest BCUT2D eigenvalue weighted by Crippen LogP contribution is 2.29. The van der Waals surface area contributed by atoms with Crippen LogP contribution in [0.4, 0.5) is 5.69 Å². The van der Waals surface area contributed by atoms with Gasteiger partial charge in [-0.15, -0.1) is 0 Å². The van der Waals surface area contributed by atoms with E-state index in [0.29, 0.717) is 48.4 Å². The molecule has 1 aliphatic heterocycles. The number of carbonyl (C=O) groups excluding carboxylic acids is 3. The summed E-state index contributed by atoms with van der Waals surface area (Å²) in [6, 6.07) is 8.28. The second kappa shape index (κ2) is 10.1. The highest BCUT2D eigenvalue weighted by molar-refractivity contribution is 9.10. The maximum atomic E-state index is 12.8. The minimum Gasteiger partial charge on any atom is -0.469 e. The first-order chi connectivity index (χ1) is 14.8. The molecule has 1 fully saturated rings. The fraction of sp³-hybridized carbons (Fsp3) is 0.333. The van der Waals surface area contributed by atoms with Gasteiger partial charge in [-0.05, 0) is 50.1 Å². The first-order valence-corrected chi connectivity index (χ1v) is 10.8. The van der Waals surface area contributed by atoms with Gasteiger partial charge in [-0.1, -0.05) is 27.5 Å². The summed E-state index contributed by atoms with van der Waals surface area (Å²) >= 11 is 9.34. The molecule has 0 radical (unpaired) electrons. The number of anilines is 1. The van der Waals surface area contributed by atoms with Crippen LogP contribution in [0.1, 0.15) is 39.3 Å². The molecule has 2 amide bonds. The van der Waals surface area contributed by atoms with Crippen molar-refractivity contribution in [2.45, 2.75) is 19.8 Å². The molecule has 0 bridgehead atoms. The summed E-state index contributed by atoms with van der Waals surface area (Å²) in [5, 5.41) is 0.196. The summed E-state index contributed by atoms with van der Waals surface area (Å²) in [4.78, 5) is 43.1. The first kappa shape index (κ1) is 23.0. The van der Waals surface area contributed by atoms with E-state index in [9.17, 15) is 14.4 Å². The van der Waals surface area contributed by atoms with Crippen LogP contribution in [-0.2, 0) is 9.53 Å². The van der Waals surface area contributed by atoms with E-state index in [1.165, 1.54) is 13.2 Å². The van der Waals surface area contributed by atoms with Gasteiger partial charge in [-0.2, -0.15) is 0 Å². The summed E-state index contributed by atoms with van der Waals surface area (Å²) < 4.78 is 5.66. The molecule has 1 aromatic heterocycles. The molecule has 0 spiro atoms. The normalized spacial score (nSPS) is 14.1. The highest BCUT2D eigenvalue weighted by atomic mass is 79.9. The molecule has 164 valence electrons. The number of halogens is 2. The lowest BCUT2D eigenvalue weighted by molar-refractivity contribution is -0.146. The Morgan fingerprint density at radius 2 is 1.81 bits per heavy atom. The fourth-order valence-corrected chi connectivity index (χ4v) is 4.09. The van der Waals surface area contributed by atoms with E-state index < -0.39 is 11.8 Å². The summed E-state index contributed by atoms with van der Waals surface area (Å²) in [5.74, 6) is -1.30. The van der Waals surface area contributed by atoms with Crippen molar-refractivity contribution in [3.05, 3.63) is 56.8 Å². The number of pyridine rings is 1. The molecule has 3 rings (SSSR count). The van der Waals surface area contributed by atoms with E-state index in [1.54, 1.807) is 25.1 Å². The number of carbonyl (C=O) groups is 3. The molecule has 1 saturated heterocycles. The zero-order valence-corrected chi connectivity index (χ0v) is 19.4. The van der Waals surface area contributed by atoms with Crippen LogP contribution in [0.2, 0.25) is 5.15 Å². The number of methoxy groups -OCH3 is 1. The summed E-state index contributed by atoms with van der Waals surface area (Å²) in [7, 11) is 1.39. The van der Waals surface area contributed by atoms with E-state index in [0.717, 1.165) is 4.47 Å². The van der Waals surface area contributed by atoms with Gasteiger partial charge in [-0.25, -0.2) is 4.98 Å². The van der Waals surface area contributed by atoms with Gasteiger partial charge < -0.3 is 9.64 Å². The molecule has 0 saturated carbocycles. The molecule has 10 heteroatoms. The number of hydrogen-bond acceptors (Lipinski definition) is 6. The monoisotopic (exact) mass is 508 g/mol. The van der Waals surface area contributed by atoms with Crippen molar-refractivity contribution in [1.82, 2.24) is 15.8 Å². The smallest absolute Gasteiger partial charge is 0.308 e. The number of amides is 2. The SMILES string of the molecule is COC(=O)C1CCN(c2cc(Br)ccc2C(=O)NNC(=O)c2cc(C)nc(Cl)c2)CC1. The zero-order valence-electron chi connectivity index (χ0n) is 17.1. The van der Waals surface area contributed by atoms with Gasteiger partial charge in [0.15, 0.2) is 0 Å². The molecule has 0 aliphatic carbocycles. The van der Waals surface area contributed by atoms with Gasteiger partial charge in [-0.3, -0.25) is 25.2 Å². The number of esters is 1. The predicted molar refractivity (Wildman–Crippen MR) is 120 cm³/mol. The number of ether oxygens (including phenoxy) is 1. The van der Waals surface area contributed by atoms with Crippen molar-refractivity contribution < 1.29 is 19.1 Å². The first-order valence-electron chi connectivity index (χ1n) is 9.65. The van der Waals surface area contributed by atoms with Crippen molar-refractivity contribution in [2.24, 2.45) is 5.92 Å². The highest BCUT2D eigenvalue weighted by Gasteiger charge is 2.27. The molecule has 2 aromatic rings. The Morgan fingerprint density at radius 1 is 1.13 bits per heavy atom. The summed E-state index contributed by atoms with van der Waals surface area (Å²) in [5.41, 5.74) is 6.87. The lowest BCUT2D eigenvalue weighted by atomic mass is 9.96. The van der Waals surface area contributed by atoms with E-state index in [-0.39, 0.29) is 17.0 Å². The molecular formula is C21H22BrClN4O4. The third kappa shape index (κ3) is 5.74. The van der Waals surface area contributed by atoms with E-state index in [1.807, 2.05) is 11.0 Å². The van der Waals surface area contributed by atoms with Gasteiger partial charge >= 0.3 is 5.97 Å². The molecule has 1 aliphatic rings. The summed E-state index contributed by atoms with van der Waals surface area (Å²) in [6.07, 6.45) is 1.28. The Bertz CT molecular complexity index is 989. The van der Waals surface area contributed by atoms with Gasteiger partial charge in [0, 0.05) is 28.8 Å². The minimum absolute atomic E-state index is 0.138. The fourth-order valence-electron chi connectivity index (χ4n) is 3.49. The average molecular weight is 510 g/mol. The van der Waals surface area contributed by atoms with Crippen LogP contribution in [0.15, 0.2) is 34.8 Å². The van der Waals surface area contributed by atoms with Crippen LogP contribution in [0.5, 0.6) is 0 Å². The van der Waals surface area contributed by atoms with Crippen molar-refractivity contribution in [3.8, 4) is 0 Å². The van der Waals surface area contributed by atoms with Crippen molar-refractivity contribution in [2.75, 3.05) is 25.1 Å². The molecule has 2 N–H and O–H groups in total. The van der Waals surface area contributed by atoms with Crippen molar-refractivity contribution in [1.29, 1.82) is 0 Å². The van der Waals surface area contributed by atoms with Crippen molar-refractivity contribution >= 4 is 51.0 Å². The number of benzene rings is 1. The quantitative estimate of drug-likeness (QED) is 0.373. The van der Waals surface area contributed by atoms with Crippen LogP contribution in [-0.4, -0.2) is 43.0 Å². The Morgan fingerprint density at radius 3 is 2.45 bits per heavy atom. The number of aromatic nitrogens is 1. The number of nitrogens with one attached hydrogen (secondary N) is 2. The number of aryl methyl sites for hydroxylation is 1. The van der Waals surface area contributed by atoms with E-state index in [4.69, 9.17) is 16.3 Å². The number of hydrogen-bond donors (Lipinski definition) is 2. The molecular weight excluding hydrogens is 488 g/mol. The Balaban J connectivity index is 1.70. The zero-order chi connectivity index (χ0) is 22.5. The molecule has 8 nitrogen and oxygen atoms in total. The van der Waals surface area contributed by atoms with Gasteiger partial charge in [0.1, 0.15) is 5.15 Å². The van der Waals surface area contributed by atoms with Crippen molar-refractivity contribution in [3.63, 3.8) is 0 Å². The van der Waals surface area contributed by atoms with E-state index >= 15 is 0 Å². The van der Waals surface area contributed by atoms with Gasteiger partial charge in [0.25, 0.3) is 11.8 Å². The van der Waals surface area contributed by atoms with Gasteiger partial charge in [0.2, 0.25) is 0 Å². The largest absolute Gasteiger partial charge is 0.469 e. The Kier molecular flexibility index (Phi) is 7.50. The van der Waals surface area contributed by atoms with Crippen LogP contribution in [0.3, 0.4) is 0 Å². The molecule has 2 heterocycles. The third-order valence-electron chi connectivity index (χ3n) is 5.05. The molecule has 31 heavy (non-hydrogen) atoms. The number of hydrazine groups is 1.